The summed E-state index contributed by atoms with van der Waals surface area (Å²) in [5.41, 5.74) is 0.880. The fourth-order valence-electron chi connectivity index (χ4n) is 2.18. The zero-order chi connectivity index (χ0) is 16.8. The Labute approximate surface area is 136 Å². The molecule has 0 aliphatic heterocycles. The van der Waals surface area contributed by atoms with E-state index in [-0.39, 0.29) is 17.9 Å². The van der Waals surface area contributed by atoms with Crippen LogP contribution in [-0.4, -0.2) is 45.7 Å². The molecule has 2 atom stereocenters. The van der Waals surface area contributed by atoms with Gasteiger partial charge in [0.25, 0.3) is 0 Å². The zero-order valence-electron chi connectivity index (χ0n) is 14.0. The van der Waals surface area contributed by atoms with Gasteiger partial charge in [-0.1, -0.05) is 44.2 Å². The average Bonchev–Trinajstić information content (AvgIpc) is 3.02. The summed E-state index contributed by atoms with van der Waals surface area (Å²) in [6, 6.07) is 9.32. The number of hydrogen-bond donors (Lipinski definition) is 2. The molecule has 1 heterocycles. The summed E-state index contributed by atoms with van der Waals surface area (Å²) in [6.07, 6.45) is 0. The molecule has 0 aliphatic carbocycles. The van der Waals surface area contributed by atoms with E-state index in [1.165, 1.54) is 4.80 Å². The highest BCUT2D eigenvalue weighted by atomic mass is 16.2. The van der Waals surface area contributed by atoms with Crippen molar-refractivity contribution < 1.29 is 4.79 Å². The lowest BCUT2D eigenvalue weighted by atomic mass is 10.0. The molecule has 0 radical (unpaired) electrons. The van der Waals surface area contributed by atoms with Crippen LogP contribution in [0.4, 0.5) is 0 Å². The van der Waals surface area contributed by atoms with E-state index in [0.29, 0.717) is 12.4 Å². The van der Waals surface area contributed by atoms with E-state index in [4.69, 9.17) is 0 Å². The van der Waals surface area contributed by atoms with Crippen LogP contribution in [0.5, 0.6) is 0 Å². The number of amides is 1. The zero-order valence-corrected chi connectivity index (χ0v) is 14.0. The first kappa shape index (κ1) is 17.1. The number of likely N-dealkylation sites (N-methyl/N-ethyl adjacent to an activating group) is 1. The van der Waals surface area contributed by atoms with Crippen molar-refractivity contribution in [2.45, 2.75) is 32.9 Å². The quantitative estimate of drug-likeness (QED) is 0.803. The Bertz CT molecular complexity index is 625. The molecule has 2 rings (SSSR count). The van der Waals surface area contributed by atoms with Crippen molar-refractivity contribution in [3.05, 3.63) is 30.3 Å². The second kappa shape index (κ2) is 7.82. The third kappa shape index (κ3) is 4.35. The van der Waals surface area contributed by atoms with Crippen molar-refractivity contribution in [2.24, 2.45) is 5.92 Å². The maximum Gasteiger partial charge on any atom is 0.247 e. The molecule has 0 aliphatic rings. The molecule has 0 spiro atoms. The van der Waals surface area contributed by atoms with Crippen molar-refractivity contribution in [1.29, 1.82) is 0 Å². The molecule has 2 unspecified atom stereocenters. The van der Waals surface area contributed by atoms with Crippen LogP contribution in [0, 0.1) is 5.92 Å². The average molecular weight is 316 g/mol. The lowest BCUT2D eigenvalue weighted by Crippen LogP contribution is -2.42. The minimum absolute atomic E-state index is 0.0534. The highest BCUT2D eigenvalue weighted by molar-refractivity contribution is 5.80. The summed E-state index contributed by atoms with van der Waals surface area (Å²) >= 11 is 0. The molecular weight excluding hydrogens is 292 g/mol. The molecule has 0 fully saturated rings. The van der Waals surface area contributed by atoms with E-state index in [1.807, 2.05) is 58.2 Å². The van der Waals surface area contributed by atoms with Gasteiger partial charge in [-0.2, -0.15) is 4.80 Å². The first-order chi connectivity index (χ1) is 11.0. The normalized spacial score (nSPS) is 13.8. The van der Waals surface area contributed by atoms with Gasteiger partial charge in [0, 0.05) is 18.2 Å². The third-order valence-electron chi connectivity index (χ3n) is 3.68. The standard InChI is InChI=1S/C16H24N6O/c1-11(2)14(16(23)18-10-12(3)17-4)22-20-15(19-21-22)13-8-6-5-7-9-13/h5-9,11-12,14,17H,10H2,1-4H3,(H,18,23). The fourth-order valence-corrected chi connectivity index (χ4v) is 2.18. The Hall–Kier alpha value is -2.28. The molecule has 1 aromatic heterocycles. The molecule has 2 aromatic rings. The van der Waals surface area contributed by atoms with Gasteiger partial charge in [-0.15, -0.1) is 10.2 Å². The number of rotatable bonds is 7. The van der Waals surface area contributed by atoms with Gasteiger partial charge in [-0.25, -0.2) is 0 Å². The predicted octanol–water partition coefficient (Wildman–Crippen LogP) is 1.26. The van der Waals surface area contributed by atoms with Gasteiger partial charge in [-0.05, 0) is 25.1 Å². The number of nitrogens with one attached hydrogen (secondary N) is 2. The number of carbonyl (C=O) groups is 1. The Morgan fingerprint density at radius 1 is 1.22 bits per heavy atom. The van der Waals surface area contributed by atoms with Crippen LogP contribution in [0.1, 0.15) is 26.8 Å². The Balaban J connectivity index is 2.15. The second-order valence-electron chi connectivity index (χ2n) is 5.92. The van der Waals surface area contributed by atoms with Gasteiger partial charge in [-0.3, -0.25) is 4.79 Å². The van der Waals surface area contributed by atoms with Gasteiger partial charge in [0.15, 0.2) is 6.04 Å². The number of carbonyl (C=O) groups excluding carboxylic acids is 1. The van der Waals surface area contributed by atoms with Gasteiger partial charge in [0.2, 0.25) is 11.7 Å². The van der Waals surface area contributed by atoms with Crippen molar-refractivity contribution in [3.63, 3.8) is 0 Å². The summed E-state index contributed by atoms with van der Waals surface area (Å²) in [7, 11) is 1.86. The summed E-state index contributed by atoms with van der Waals surface area (Å²) in [5.74, 6) is 0.476. The van der Waals surface area contributed by atoms with Crippen molar-refractivity contribution in [1.82, 2.24) is 30.8 Å². The van der Waals surface area contributed by atoms with Crippen LogP contribution < -0.4 is 10.6 Å². The molecular formula is C16H24N6O. The fraction of sp³-hybridized carbons (Fsp3) is 0.500. The molecule has 124 valence electrons. The largest absolute Gasteiger partial charge is 0.353 e. The van der Waals surface area contributed by atoms with E-state index in [2.05, 4.69) is 26.0 Å². The number of hydrogen-bond acceptors (Lipinski definition) is 5. The van der Waals surface area contributed by atoms with Crippen LogP contribution in [-0.2, 0) is 4.79 Å². The van der Waals surface area contributed by atoms with Crippen LogP contribution in [0.25, 0.3) is 11.4 Å². The summed E-state index contributed by atoms with van der Waals surface area (Å²) in [5, 5.41) is 18.6. The number of nitrogens with zero attached hydrogens (tertiary/aromatic N) is 4. The minimum Gasteiger partial charge on any atom is -0.353 e. The molecule has 2 N–H and O–H groups in total. The topological polar surface area (TPSA) is 84.7 Å². The van der Waals surface area contributed by atoms with E-state index < -0.39 is 6.04 Å². The lowest BCUT2D eigenvalue weighted by molar-refractivity contribution is -0.126. The maximum atomic E-state index is 12.5. The Kier molecular flexibility index (Phi) is 5.81. The molecule has 7 nitrogen and oxygen atoms in total. The first-order valence-electron chi connectivity index (χ1n) is 7.82. The van der Waals surface area contributed by atoms with Crippen LogP contribution in [0.15, 0.2) is 30.3 Å². The molecule has 1 aromatic carbocycles. The molecule has 23 heavy (non-hydrogen) atoms. The lowest BCUT2D eigenvalue weighted by Gasteiger charge is -2.20. The molecule has 0 bridgehead atoms. The smallest absolute Gasteiger partial charge is 0.247 e. The second-order valence-corrected chi connectivity index (χ2v) is 5.92. The Morgan fingerprint density at radius 3 is 2.52 bits per heavy atom. The number of aromatic nitrogens is 4. The van der Waals surface area contributed by atoms with Gasteiger partial charge in [0.05, 0.1) is 0 Å². The van der Waals surface area contributed by atoms with E-state index in [1.54, 1.807) is 0 Å². The molecule has 0 saturated heterocycles. The van der Waals surface area contributed by atoms with Crippen LogP contribution in [0.2, 0.25) is 0 Å². The predicted molar refractivity (Wildman–Crippen MR) is 88.7 cm³/mol. The van der Waals surface area contributed by atoms with E-state index in [9.17, 15) is 4.79 Å². The monoisotopic (exact) mass is 316 g/mol. The third-order valence-corrected chi connectivity index (χ3v) is 3.68. The Morgan fingerprint density at radius 2 is 1.91 bits per heavy atom. The van der Waals surface area contributed by atoms with Gasteiger partial charge in [0.1, 0.15) is 0 Å². The highest BCUT2D eigenvalue weighted by Crippen LogP contribution is 2.18. The number of benzene rings is 1. The van der Waals surface area contributed by atoms with Crippen molar-refractivity contribution in [3.8, 4) is 11.4 Å². The first-order valence-corrected chi connectivity index (χ1v) is 7.82. The van der Waals surface area contributed by atoms with E-state index >= 15 is 0 Å². The van der Waals surface area contributed by atoms with Crippen molar-refractivity contribution in [2.75, 3.05) is 13.6 Å². The van der Waals surface area contributed by atoms with Crippen LogP contribution in [0.3, 0.4) is 0 Å². The number of tetrazole rings is 1. The molecule has 1 amide bonds. The minimum atomic E-state index is -0.482. The maximum absolute atomic E-state index is 12.5. The highest BCUT2D eigenvalue weighted by Gasteiger charge is 2.27. The SMILES string of the molecule is CNC(C)CNC(=O)C(C(C)C)n1nnc(-c2ccccc2)n1. The summed E-state index contributed by atoms with van der Waals surface area (Å²) in [4.78, 5) is 13.9. The molecule has 0 saturated carbocycles. The van der Waals surface area contributed by atoms with Gasteiger partial charge >= 0.3 is 0 Å². The van der Waals surface area contributed by atoms with Gasteiger partial charge < -0.3 is 10.6 Å². The van der Waals surface area contributed by atoms with E-state index in [0.717, 1.165) is 5.56 Å². The summed E-state index contributed by atoms with van der Waals surface area (Å²) < 4.78 is 0. The van der Waals surface area contributed by atoms with Crippen LogP contribution >= 0.6 is 0 Å². The molecule has 7 heteroatoms. The summed E-state index contributed by atoms with van der Waals surface area (Å²) in [6.45, 7) is 6.50. The van der Waals surface area contributed by atoms with Crippen molar-refractivity contribution >= 4 is 5.91 Å².